The largest absolute Gasteiger partial charge is 0.299 e. The molecule has 122 valence electrons. The third-order valence-corrected chi connectivity index (χ3v) is 5.16. The molecule has 2 aliphatic carbocycles. The lowest BCUT2D eigenvalue weighted by Gasteiger charge is -2.18. The Morgan fingerprint density at radius 3 is 2.57 bits per heavy atom. The highest BCUT2D eigenvalue weighted by Gasteiger charge is 2.30. The van der Waals surface area contributed by atoms with Gasteiger partial charge in [0.1, 0.15) is 5.65 Å². The van der Waals surface area contributed by atoms with Crippen LogP contribution in [0.5, 0.6) is 0 Å². The van der Waals surface area contributed by atoms with Crippen molar-refractivity contribution in [2.45, 2.75) is 56.9 Å². The number of hydrogen-bond acceptors (Lipinski definition) is 3. The second-order valence-electron chi connectivity index (χ2n) is 6.48. The van der Waals surface area contributed by atoms with Gasteiger partial charge in [0.05, 0.1) is 5.39 Å². The molecule has 0 bridgehead atoms. The number of rotatable bonds is 3. The zero-order chi connectivity index (χ0) is 16.1. The van der Waals surface area contributed by atoms with E-state index in [0.717, 1.165) is 38.5 Å². The number of nitrogens with zero attached hydrogens (tertiary/aromatic N) is 2. The Balaban J connectivity index is 2.08. The quantitative estimate of drug-likeness (QED) is 0.846. The average Bonchev–Trinajstić information content (AvgIpc) is 3.23. The monoisotopic (exact) mass is 337 g/mol. The number of H-pyrrole nitrogens is 1. The second kappa shape index (κ2) is 5.47. The van der Waals surface area contributed by atoms with Gasteiger partial charge in [-0.25, -0.2) is 13.8 Å². The van der Waals surface area contributed by atoms with Crippen LogP contribution in [-0.2, 0) is 0 Å². The topological polar surface area (TPSA) is 50.7 Å². The van der Waals surface area contributed by atoms with Crippen molar-refractivity contribution in [3.05, 3.63) is 32.4 Å². The first-order valence-corrected chi connectivity index (χ1v) is 8.44. The first-order valence-electron chi connectivity index (χ1n) is 8.04. The molecule has 4 rings (SSSR count). The Morgan fingerprint density at radius 2 is 1.96 bits per heavy atom. The summed E-state index contributed by atoms with van der Waals surface area (Å²) in [4.78, 5) is 19.4. The summed E-state index contributed by atoms with van der Waals surface area (Å²) in [6, 6.07) is 1.54. The number of halogens is 2. The van der Waals surface area contributed by atoms with Crippen LogP contribution in [0.15, 0.2) is 10.9 Å². The van der Waals surface area contributed by atoms with Crippen LogP contribution in [0.2, 0.25) is 0 Å². The smallest absolute Gasteiger partial charge is 0.264 e. The summed E-state index contributed by atoms with van der Waals surface area (Å²) in [7, 11) is 0. The number of aromatic nitrogens is 3. The molecule has 0 aromatic carbocycles. The fourth-order valence-corrected chi connectivity index (χ4v) is 3.88. The molecule has 0 atom stereocenters. The molecule has 2 saturated carbocycles. The second-order valence-corrected chi connectivity index (χ2v) is 6.86. The number of aromatic amines is 1. The molecule has 0 aliphatic heterocycles. The fourth-order valence-electron chi connectivity index (χ4n) is 3.56. The summed E-state index contributed by atoms with van der Waals surface area (Å²) in [5, 5.41) is -0.00935. The van der Waals surface area contributed by atoms with Crippen molar-refractivity contribution in [2.75, 3.05) is 0 Å². The number of hydrogen-bond donors (Lipinski definition) is 1. The van der Waals surface area contributed by atoms with E-state index in [9.17, 15) is 13.6 Å². The first kappa shape index (κ1) is 14.9. The maximum Gasteiger partial charge on any atom is 0.264 e. The molecule has 7 heteroatoms. The molecule has 0 radical (unpaired) electrons. The zero-order valence-electron chi connectivity index (χ0n) is 12.5. The van der Waals surface area contributed by atoms with Gasteiger partial charge in [-0.2, -0.15) is 0 Å². The normalized spacial score (nSPS) is 19.1. The van der Waals surface area contributed by atoms with Crippen LogP contribution in [0.3, 0.4) is 0 Å². The fraction of sp³-hybridized carbons (Fsp3) is 0.562. The van der Waals surface area contributed by atoms with Gasteiger partial charge >= 0.3 is 0 Å². The van der Waals surface area contributed by atoms with Gasteiger partial charge in [0.2, 0.25) is 0 Å². The minimum atomic E-state index is -2.70. The summed E-state index contributed by atoms with van der Waals surface area (Å²) >= 11 is 5.32. The van der Waals surface area contributed by atoms with E-state index >= 15 is 0 Å². The van der Waals surface area contributed by atoms with Gasteiger partial charge in [-0.1, -0.05) is 12.8 Å². The van der Waals surface area contributed by atoms with Crippen LogP contribution in [0, 0.1) is 4.77 Å². The van der Waals surface area contributed by atoms with Gasteiger partial charge < -0.3 is 0 Å². The highest BCUT2D eigenvalue weighted by molar-refractivity contribution is 7.71. The lowest BCUT2D eigenvalue weighted by Crippen LogP contribution is -2.20. The summed E-state index contributed by atoms with van der Waals surface area (Å²) < 4.78 is 29.2. The zero-order valence-corrected chi connectivity index (χ0v) is 13.3. The molecule has 0 spiro atoms. The molecule has 2 heterocycles. The molecule has 2 aromatic rings. The van der Waals surface area contributed by atoms with Gasteiger partial charge in [0, 0.05) is 23.2 Å². The van der Waals surface area contributed by atoms with Crippen LogP contribution in [0.1, 0.15) is 68.2 Å². The van der Waals surface area contributed by atoms with E-state index in [1.54, 1.807) is 4.57 Å². The number of fused-ring (bicyclic) bond motifs is 1. The van der Waals surface area contributed by atoms with E-state index in [4.69, 9.17) is 12.2 Å². The van der Waals surface area contributed by atoms with Crippen molar-refractivity contribution in [1.82, 2.24) is 14.5 Å². The van der Waals surface area contributed by atoms with Crippen molar-refractivity contribution in [3.8, 4) is 0 Å². The maximum absolute atomic E-state index is 13.5. The molecule has 2 aromatic heterocycles. The summed E-state index contributed by atoms with van der Waals surface area (Å²) in [5.74, 6) is 0.238. The lowest BCUT2D eigenvalue weighted by molar-refractivity contribution is 0.153. The minimum Gasteiger partial charge on any atom is -0.299 e. The van der Waals surface area contributed by atoms with Crippen LogP contribution in [0.4, 0.5) is 8.78 Å². The van der Waals surface area contributed by atoms with E-state index in [1.807, 2.05) is 0 Å². The van der Waals surface area contributed by atoms with Crippen molar-refractivity contribution in [2.24, 2.45) is 0 Å². The van der Waals surface area contributed by atoms with Gasteiger partial charge in [0.15, 0.2) is 4.77 Å². The van der Waals surface area contributed by atoms with Gasteiger partial charge in [-0.3, -0.25) is 14.3 Å². The van der Waals surface area contributed by atoms with Crippen molar-refractivity contribution >= 4 is 23.3 Å². The van der Waals surface area contributed by atoms with E-state index in [0.29, 0.717) is 11.3 Å². The molecule has 4 nitrogen and oxygen atoms in total. The predicted molar refractivity (Wildman–Crippen MR) is 85.6 cm³/mol. The van der Waals surface area contributed by atoms with Crippen LogP contribution < -0.4 is 5.56 Å². The average molecular weight is 337 g/mol. The molecule has 23 heavy (non-hydrogen) atoms. The number of pyridine rings is 1. The Bertz CT molecular complexity index is 879. The van der Waals surface area contributed by atoms with E-state index < -0.39 is 12.0 Å². The van der Waals surface area contributed by atoms with Gasteiger partial charge in [0.25, 0.3) is 12.0 Å². The van der Waals surface area contributed by atoms with Crippen molar-refractivity contribution in [3.63, 3.8) is 0 Å². The van der Waals surface area contributed by atoms with E-state index in [-0.39, 0.29) is 27.7 Å². The molecule has 2 fully saturated rings. The van der Waals surface area contributed by atoms with Crippen LogP contribution in [0.25, 0.3) is 11.0 Å². The van der Waals surface area contributed by atoms with E-state index in [1.165, 1.54) is 6.07 Å². The van der Waals surface area contributed by atoms with Crippen molar-refractivity contribution in [1.29, 1.82) is 0 Å². The van der Waals surface area contributed by atoms with Gasteiger partial charge in [-0.05, 0) is 44.0 Å². The Hall–Kier alpha value is -1.63. The summed E-state index contributed by atoms with van der Waals surface area (Å²) in [6.45, 7) is 0. The standard InChI is InChI=1S/C16H17F2N3OS/c17-13(18)10-7-11(8-5-6-8)19-14-12(10)15(22)20-16(23)21(14)9-3-1-2-4-9/h7-9,13H,1-6H2,(H,20,22,23). The third-order valence-electron chi connectivity index (χ3n) is 4.87. The van der Waals surface area contributed by atoms with Gasteiger partial charge in [-0.15, -0.1) is 0 Å². The molecule has 2 aliphatic rings. The Labute approximate surface area is 136 Å². The summed E-state index contributed by atoms with van der Waals surface area (Å²) in [5.41, 5.74) is 0.217. The van der Waals surface area contributed by atoms with Crippen LogP contribution >= 0.6 is 12.2 Å². The molecular formula is C16H17F2N3OS. The SMILES string of the molecule is O=c1[nH]c(=S)n(C2CCCC2)c2nc(C3CC3)cc(C(F)F)c12. The molecular weight excluding hydrogens is 320 g/mol. The molecule has 0 unspecified atom stereocenters. The van der Waals surface area contributed by atoms with E-state index in [2.05, 4.69) is 9.97 Å². The lowest BCUT2D eigenvalue weighted by atomic mass is 10.1. The van der Waals surface area contributed by atoms with Crippen LogP contribution in [-0.4, -0.2) is 14.5 Å². The highest BCUT2D eigenvalue weighted by atomic mass is 32.1. The first-order chi connectivity index (χ1) is 11.1. The van der Waals surface area contributed by atoms with Crippen molar-refractivity contribution < 1.29 is 8.78 Å². The highest BCUT2D eigenvalue weighted by Crippen LogP contribution is 2.41. The Morgan fingerprint density at radius 1 is 1.26 bits per heavy atom. The Kier molecular flexibility index (Phi) is 3.55. The molecule has 0 amide bonds. The molecule has 1 N–H and O–H groups in total. The third kappa shape index (κ3) is 2.51. The molecule has 0 saturated heterocycles. The predicted octanol–water partition coefficient (Wildman–Crippen LogP) is 4.38. The maximum atomic E-state index is 13.5. The number of nitrogens with one attached hydrogen (secondary N) is 1. The summed E-state index contributed by atoms with van der Waals surface area (Å²) in [6.07, 6.45) is 3.27. The number of alkyl halides is 2. The minimum absolute atomic E-state index is 0.00935.